The normalized spacial score (nSPS) is 21.4. The molecule has 84 valence electrons. The molecule has 1 saturated heterocycles. The van der Waals surface area contributed by atoms with Crippen molar-refractivity contribution in [2.75, 3.05) is 13.1 Å². The number of aryl methyl sites for hydroxylation is 1. The topological polar surface area (TPSA) is 29.9 Å². The molecule has 1 fully saturated rings. The van der Waals surface area contributed by atoms with Crippen molar-refractivity contribution in [3.05, 3.63) is 18.2 Å². The molecule has 1 aromatic heterocycles. The van der Waals surface area contributed by atoms with Gasteiger partial charge >= 0.3 is 0 Å². The first-order chi connectivity index (χ1) is 7.27. The SMILES string of the molecule is CC(C)CCn1cncc1C1CCNC1. The van der Waals surface area contributed by atoms with Gasteiger partial charge in [0.05, 0.1) is 6.33 Å². The Kier molecular flexibility index (Phi) is 3.41. The summed E-state index contributed by atoms with van der Waals surface area (Å²) in [7, 11) is 0. The summed E-state index contributed by atoms with van der Waals surface area (Å²) >= 11 is 0. The Labute approximate surface area is 91.9 Å². The molecule has 1 atom stereocenters. The number of hydrogen-bond acceptors (Lipinski definition) is 2. The minimum Gasteiger partial charge on any atom is -0.334 e. The third-order valence-corrected chi connectivity index (χ3v) is 3.17. The van der Waals surface area contributed by atoms with E-state index in [1.807, 2.05) is 12.5 Å². The fourth-order valence-corrected chi connectivity index (χ4v) is 2.16. The lowest BCUT2D eigenvalue weighted by Gasteiger charge is -2.13. The maximum absolute atomic E-state index is 4.28. The number of rotatable bonds is 4. The van der Waals surface area contributed by atoms with Crippen LogP contribution in [0.3, 0.4) is 0 Å². The van der Waals surface area contributed by atoms with Gasteiger partial charge in [0.1, 0.15) is 0 Å². The summed E-state index contributed by atoms with van der Waals surface area (Å²) in [5.41, 5.74) is 1.42. The van der Waals surface area contributed by atoms with Crippen LogP contribution in [0.2, 0.25) is 0 Å². The van der Waals surface area contributed by atoms with E-state index >= 15 is 0 Å². The molecular weight excluding hydrogens is 186 g/mol. The van der Waals surface area contributed by atoms with Gasteiger partial charge in [-0.2, -0.15) is 0 Å². The maximum Gasteiger partial charge on any atom is 0.0948 e. The molecule has 1 N–H and O–H groups in total. The third kappa shape index (κ3) is 2.59. The van der Waals surface area contributed by atoms with E-state index in [9.17, 15) is 0 Å². The van der Waals surface area contributed by atoms with E-state index < -0.39 is 0 Å². The van der Waals surface area contributed by atoms with E-state index in [2.05, 4.69) is 28.7 Å². The van der Waals surface area contributed by atoms with E-state index in [1.165, 1.54) is 18.5 Å². The van der Waals surface area contributed by atoms with Crippen LogP contribution in [-0.2, 0) is 6.54 Å². The van der Waals surface area contributed by atoms with Gasteiger partial charge in [-0.1, -0.05) is 13.8 Å². The van der Waals surface area contributed by atoms with Crippen LogP contribution in [0.15, 0.2) is 12.5 Å². The molecule has 0 saturated carbocycles. The van der Waals surface area contributed by atoms with Gasteiger partial charge < -0.3 is 9.88 Å². The van der Waals surface area contributed by atoms with Crippen molar-refractivity contribution in [3.8, 4) is 0 Å². The summed E-state index contributed by atoms with van der Waals surface area (Å²) in [5, 5.41) is 3.41. The Morgan fingerprint density at radius 2 is 2.47 bits per heavy atom. The van der Waals surface area contributed by atoms with Crippen LogP contribution >= 0.6 is 0 Å². The van der Waals surface area contributed by atoms with E-state index in [-0.39, 0.29) is 0 Å². The molecule has 2 rings (SSSR count). The summed E-state index contributed by atoms with van der Waals surface area (Å²) in [4.78, 5) is 4.28. The quantitative estimate of drug-likeness (QED) is 0.818. The van der Waals surface area contributed by atoms with E-state index in [0.717, 1.165) is 25.6 Å². The number of nitrogens with one attached hydrogen (secondary N) is 1. The molecule has 0 spiro atoms. The van der Waals surface area contributed by atoms with Crippen molar-refractivity contribution in [2.24, 2.45) is 5.92 Å². The Morgan fingerprint density at radius 1 is 1.60 bits per heavy atom. The van der Waals surface area contributed by atoms with E-state index in [0.29, 0.717) is 5.92 Å². The monoisotopic (exact) mass is 207 g/mol. The van der Waals surface area contributed by atoms with Gasteiger partial charge in [0.15, 0.2) is 0 Å². The largest absolute Gasteiger partial charge is 0.334 e. The second-order valence-corrected chi connectivity index (χ2v) is 4.88. The van der Waals surface area contributed by atoms with Crippen LogP contribution in [0.5, 0.6) is 0 Å². The molecule has 0 bridgehead atoms. The van der Waals surface area contributed by atoms with Gasteiger partial charge in [-0.25, -0.2) is 4.98 Å². The number of imidazole rings is 1. The second-order valence-electron chi connectivity index (χ2n) is 4.88. The van der Waals surface area contributed by atoms with Crippen LogP contribution in [0.4, 0.5) is 0 Å². The molecule has 1 aromatic rings. The highest BCUT2D eigenvalue weighted by Crippen LogP contribution is 2.22. The highest BCUT2D eigenvalue weighted by molar-refractivity contribution is 5.09. The van der Waals surface area contributed by atoms with Crippen LogP contribution in [-0.4, -0.2) is 22.6 Å². The summed E-state index contributed by atoms with van der Waals surface area (Å²) in [6.45, 7) is 7.93. The van der Waals surface area contributed by atoms with Gasteiger partial charge in [0.25, 0.3) is 0 Å². The Bertz CT molecular complexity index is 298. The van der Waals surface area contributed by atoms with Crippen LogP contribution < -0.4 is 5.32 Å². The van der Waals surface area contributed by atoms with E-state index in [1.54, 1.807) is 0 Å². The Balaban J connectivity index is 2.01. The molecule has 3 nitrogen and oxygen atoms in total. The highest BCUT2D eigenvalue weighted by atomic mass is 15.1. The molecule has 1 aliphatic heterocycles. The summed E-state index contributed by atoms with van der Waals surface area (Å²) in [5.74, 6) is 1.45. The predicted molar refractivity (Wildman–Crippen MR) is 61.9 cm³/mol. The minimum atomic E-state index is 0.680. The van der Waals surface area contributed by atoms with Crippen LogP contribution in [0, 0.1) is 5.92 Å². The Hall–Kier alpha value is -0.830. The van der Waals surface area contributed by atoms with Crippen molar-refractivity contribution >= 4 is 0 Å². The second kappa shape index (κ2) is 4.79. The highest BCUT2D eigenvalue weighted by Gasteiger charge is 2.19. The van der Waals surface area contributed by atoms with Gasteiger partial charge in [-0.3, -0.25) is 0 Å². The summed E-state index contributed by atoms with van der Waals surface area (Å²) in [6, 6.07) is 0. The number of nitrogens with zero attached hydrogens (tertiary/aromatic N) is 2. The average molecular weight is 207 g/mol. The zero-order valence-electron chi connectivity index (χ0n) is 9.74. The van der Waals surface area contributed by atoms with E-state index in [4.69, 9.17) is 0 Å². The standard InChI is InChI=1S/C12H21N3/c1-10(2)4-6-15-9-14-8-12(15)11-3-5-13-7-11/h8-11,13H,3-7H2,1-2H3. The van der Waals surface area contributed by atoms with Crippen molar-refractivity contribution in [1.29, 1.82) is 0 Å². The smallest absolute Gasteiger partial charge is 0.0948 e. The lowest BCUT2D eigenvalue weighted by molar-refractivity contribution is 0.498. The molecule has 15 heavy (non-hydrogen) atoms. The molecule has 0 radical (unpaired) electrons. The zero-order valence-corrected chi connectivity index (χ0v) is 9.74. The van der Waals surface area contributed by atoms with Crippen molar-refractivity contribution in [1.82, 2.24) is 14.9 Å². The zero-order chi connectivity index (χ0) is 10.7. The molecule has 0 aliphatic carbocycles. The van der Waals surface area contributed by atoms with Crippen molar-refractivity contribution in [3.63, 3.8) is 0 Å². The molecule has 0 aromatic carbocycles. The molecule has 2 heterocycles. The maximum atomic E-state index is 4.28. The fraction of sp³-hybridized carbons (Fsp3) is 0.750. The summed E-state index contributed by atoms with van der Waals surface area (Å²) < 4.78 is 2.33. The van der Waals surface area contributed by atoms with Crippen LogP contribution in [0.25, 0.3) is 0 Å². The number of hydrogen-bond donors (Lipinski definition) is 1. The Morgan fingerprint density at radius 3 is 3.13 bits per heavy atom. The lowest BCUT2D eigenvalue weighted by atomic mass is 10.1. The van der Waals surface area contributed by atoms with Gasteiger partial charge in [0.2, 0.25) is 0 Å². The van der Waals surface area contributed by atoms with Gasteiger partial charge in [0, 0.05) is 30.9 Å². The first kappa shape index (κ1) is 10.7. The molecule has 0 amide bonds. The van der Waals surface area contributed by atoms with Crippen molar-refractivity contribution < 1.29 is 0 Å². The van der Waals surface area contributed by atoms with Crippen LogP contribution in [0.1, 0.15) is 38.3 Å². The average Bonchev–Trinajstić information content (AvgIpc) is 2.85. The first-order valence-electron chi connectivity index (χ1n) is 5.98. The van der Waals surface area contributed by atoms with Gasteiger partial charge in [-0.15, -0.1) is 0 Å². The number of aromatic nitrogens is 2. The molecule has 1 unspecified atom stereocenters. The summed E-state index contributed by atoms with van der Waals surface area (Å²) in [6.07, 6.45) is 6.52. The molecule has 1 aliphatic rings. The van der Waals surface area contributed by atoms with Gasteiger partial charge in [-0.05, 0) is 25.3 Å². The predicted octanol–water partition coefficient (Wildman–Crippen LogP) is 2.01. The third-order valence-electron chi connectivity index (χ3n) is 3.17. The minimum absolute atomic E-state index is 0.680. The van der Waals surface area contributed by atoms with Crippen molar-refractivity contribution in [2.45, 2.75) is 39.2 Å². The molecule has 3 heteroatoms. The fourth-order valence-electron chi connectivity index (χ4n) is 2.16. The molecular formula is C12H21N3. The lowest BCUT2D eigenvalue weighted by Crippen LogP contribution is -2.12. The first-order valence-corrected chi connectivity index (χ1v) is 5.98.